The minimum atomic E-state index is -0.453. The number of fused-ring (bicyclic) bond motifs is 1. The lowest BCUT2D eigenvalue weighted by Gasteiger charge is -2.23. The second-order valence-corrected chi connectivity index (χ2v) is 3.23. The van der Waals surface area contributed by atoms with E-state index in [4.69, 9.17) is 15.7 Å². The van der Waals surface area contributed by atoms with Crippen molar-refractivity contribution in [1.29, 1.82) is 5.26 Å². The number of nitrogens with zero attached hydrogens (tertiary/aromatic N) is 1. The molecule has 0 amide bonds. The van der Waals surface area contributed by atoms with Crippen LogP contribution in [-0.2, 0) is 0 Å². The second kappa shape index (κ2) is 3.28. The fourth-order valence-electron chi connectivity index (χ4n) is 1.58. The van der Waals surface area contributed by atoms with Crippen molar-refractivity contribution in [3.63, 3.8) is 0 Å². The Balaban J connectivity index is 2.58. The second-order valence-electron chi connectivity index (χ2n) is 3.23. The fraction of sp³-hybridized carbons (Fsp3) is 0.300. The molecule has 14 heavy (non-hydrogen) atoms. The molecule has 4 heteroatoms. The molecule has 1 aliphatic heterocycles. The smallest absolute Gasteiger partial charge is 0.133 e. The van der Waals surface area contributed by atoms with Crippen LogP contribution in [0.1, 0.15) is 23.6 Å². The van der Waals surface area contributed by atoms with Crippen molar-refractivity contribution < 1.29 is 9.13 Å². The van der Waals surface area contributed by atoms with Crippen molar-refractivity contribution in [1.82, 2.24) is 0 Å². The molecule has 3 nitrogen and oxygen atoms in total. The topological polar surface area (TPSA) is 59.0 Å². The largest absolute Gasteiger partial charge is 0.493 e. The Labute approximate surface area is 80.9 Å². The summed E-state index contributed by atoms with van der Waals surface area (Å²) in [6.45, 7) is 0.475. The third kappa shape index (κ3) is 1.32. The van der Waals surface area contributed by atoms with Gasteiger partial charge >= 0.3 is 0 Å². The van der Waals surface area contributed by atoms with Crippen LogP contribution in [0.5, 0.6) is 5.75 Å². The number of hydrogen-bond acceptors (Lipinski definition) is 3. The van der Waals surface area contributed by atoms with Gasteiger partial charge in [0.2, 0.25) is 0 Å². The van der Waals surface area contributed by atoms with Crippen molar-refractivity contribution in [2.24, 2.45) is 5.73 Å². The maximum atomic E-state index is 13.5. The number of ether oxygens (including phenoxy) is 1. The third-order valence-corrected chi connectivity index (χ3v) is 2.28. The zero-order valence-electron chi connectivity index (χ0n) is 7.46. The molecular formula is C10H9FN2O. The Morgan fingerprint density at radius 3 is 3.07 bits per heavy atom. The molecule has 0 aromatic heterocycles. The monoisotopic (exact) mass is 192 g/mol. The first-order valence-electron chi connectivity index (χ1n) is 4.34. The molecular weight excluding hydrogens is 183 g/mol. The summed E-state index contributed by atoms with van der Waals surface area (Å²) in [4.78, 5) is 0. The molecule has 0 spiro atoms. The highest BCUT2D eigenvalue weighted by molar-refractivity contribution is 5.45. The van der Waals surface area contributed by atoms with E-state index >= 15 is 0 Å². The Bertz CT molecular complexity index is 411. The summed E-state index contributed by atoms with van der Waals surface area (Å²) in [6.07, 6.45) is 0.607. The van der Waals surface area contributed by atoms with Crippen LogP contribution in [0.15, 0.2) is 12.1 Å². The van der Waals surface area contributed by atoms with Gasteiger partial charge in [0.25, 0.3) is 0 Å². The number of nitriles is 1. The summed E-state index contributed by atoms with van der Waals surface area (Å²) >= 11 is 0. The number of benzene rings is 1. The summed E-state index contributed by atoms with van der Waals surface area (Å²) in [5.74, 6) is -0.0495. The van der Waals surface area contributed by atoms with Crippen molar-refractivity contribution in [3.05, 3.63) is 29.1 Å². The third-order valence-electron chi connectivity index (χ3n) is 2.28. The summed E-state index contributed by atoms with van der Waals surface area (Å²) in [5.41, 5.74) is 6.38. The summed E-state index contributed by atoms with van der Waals surface area (Å²) in [5, 5.41) is 8.63. The maximum absolute atomic E-state index is 13.5. The van der Waals surface area contributed by atoms with Gasteiger partial charge in [-0.15, -0.1) is 0 Å². The van der Waals surface area contributed by atoms with Crippen LogP contribution in [0.3, 0.4) is 0 Å². The van der Waals surface area contributed by atoms with E-state index in [-0.39, 0.29) is 11.6 Å². The van der Waals surface area contributed by atoms with Crippen molar-refractivity contribution >= 4 is 0 Å². The zero-order chi connectivity index (χ0) is 10.1. The molecule has 0 aliphatic carbocycles. The van der Waals surface area contributed by atoms with Crippen LogP contribution in [0.2, 0.25) is 0 Å². The van der Waals surface area contributed by atoms with Gasteiger partial charge in [-0.25, -0.2) is 4.39 Å². The first-order valence-corrected chi connectivity index (χ1v) is 4.34. The van der Waals surface area contributed by atoms with Crippen LogP contribution in [0.25, 0.3) is 0 Å². The lowest BCUT2D eigenvalue weighted by molar-refractivity contribution is 0.264. The molecule has 1 aromatic rings. The van der Waals surface area contributed by atoms with Gasteiger partial charge in [0, 0.05) is 18.0 Å². The maximum Gasteiger partial charge on any atom is 0.133 e. The van der Waals surface area contributed by atoms with E-state index in [9.17, 15) is 4.39 Å². The average Bonchev–Trinajstić information content (AvgIpc) is 2.17. The lowest BCUT2D eigenvalue weighted by atomic mass is 9.99. The molecule has 0 bridgehead atoms. The number of nitrogens with two attached hydrogens (primary N) is 1. The van der Waals surface area contributed by atoms with Gasteiger partial charge in [0.05, 0.1) is 18.2 Å². The van der Waals surface area contributed by atoms with Crippen LogP contribution in [0.4, 0.5) is 4.39 Å². The van der Waals surface area contributed by atoms with Crippen LogP contribution < -0.4 is 10.5 Å². The van der Waals surface area contributed by atoms with Gasteiger partial charge in [-0.05, 0) is 12.1 Å². The molecule has 1 aromatic carbocycles. The molecule has 0 fully saturated rings. The van der Waals surface area contributed by atoms with E-state index in [1.807, 2.05) is 6.07 Å². The molecule has 1 heterocycles. The standard InChI is InChI=1S/C10H9FN2O/c11-7-3-6(5-12)4-9-10(7)8(13)1-2-14-9/h3-4,8H,1-2,13H2/t8-/m0/s1. The van der Waals surface area contributed by atoms with E-state index in [0.717, 1.165) is 0 Å². The number of halogens is 1. The lowest BCUT2D eigenvalue weighted by Crippen LogP contribution is -2.22. The highest BCUT2D eigenvalue weighted by atomic mass is 19.1. The first kappa shape index (κ1) is 8.97. The minimum Gasteiger partial charge on any atom is -0.493 e. The first-order chi connectivity index (χ1) is 6.72. The molecule has 1 aliphatic rings. The van der Waals surface area contributed by atoms with E-state index in [0.29, 0.717) is 24.3 Å². The van der Waals surface area contributed by atoms with Gasteiger partial charge in [-0.2, -0.15) is 5.26 Å². The van der Waals surface area contributed by atoms with E-state index in [1.165, 1.54) is 12.1 Å². The van der Waals surface area contributed by atoms with Gasteiger partial charge in [0.15, 0.2) is 0 Å². The molecule has 1 atom stereocenters. The zero-order valence-corrected chi connectivity index (χ0v) is 7.46. The SMILES string of the molecule is N#Cc1cc(F)c2c(c1)OCC[C@@H]2N. The van der Waals surface area contributed by atoms with Crippen LogP contribution >= 0.6 is 0 Å². The summed E-state index contributed by atoms with van der Waals surface area (Å²) < 4.78 is 18.7. The fourth-order valence-corrected chi connectivity index (χ4v) is 1.58. The number of hydrogen-bond donors (Lipinski definition) is 1. The molecule has 2 rings (SSSR count). The molecule has 72 valence electrons. The Kier molecular flexibility index (Phi) is 2.10. The van der Waals surface area contributed by atoms with E-state index in [2.05, 4.69) is 0 Å². The summed E-state index contributed by atoms with van der Waals surface area (Å²) in [6, 6.07) is 4.26. The Hall–Kier alpha value is -1.60. The van der Waals surface area contributed by atoms with Gasteiger partial charge in [-0.3, -0.25) is 0 Å². The molecule has 0 unspecified atom stereocenters. The quantitative estimate of drug-likeness (QED) is 0.677. The van der Waals surface area contributed by atoms with Gasteiger partial charge in [-0.1, -0.05) is 0 Å². The molecule has 0 saturated heterocycles. The molecule has 0 radical (unpaired) electrons. The highest BCUT2D eigenvalue weighted by Gasteiger charge is 2.22. The predicted octanol–water partition coefficient (Wildman–Crippen LogP) is 1.48. The molecule has 0 saturated carbocycles. The van der Waals surface area contributed by atoms with Crippen molar-refractivity contribution in [3.8, 4) is 11.8 Å². The Morgan fingerprint density at radius 1 is 1.57 bits per heavy atom. The van der Waals surface area contributed by atoms with Gasteiger partial charge in [0.1, 0.15) is 11.6 Å². The van der Waals surface area contributed by atoms with E-state index in [1.54, 1.807) is 0 Å². The van der Waals surface area contributed by atoms with Crippen LogP contribution in [-0.4, -0.2) is 6.61 Å². The average molecular weight is 192 g/mol. The minimum absolute atomic E-state index is 0.260. The molecule has 2 N–H and O–H groups in total. The van der Waals surface area contributed by atoms with E-state index < -0.39 is 5.82 Å². The Morgan fingerprint density at radius 2 is 2.36 bits per heavy atom. The van der Waals surface area contributed by atoms with Crippen molar-refractivity contribution in [2.45, 2.75) is 12.5 Å². The van der Waals surface area contributed by atoms with Crippen molar-refractivity contribution in [2.75, 3.05) is 6.61 Å². The number of rotatable bonds is 0. The highest BCUT2D eigenvalue weighted by Crippen LogP contribution is 2.33. The predicted molar refractivity (Wildman–Crippen MR) is 48.2 cm³/mol. The summed E-state index contributed by atoms with van der Waals surface area (Å²) in [7, 11) is 0. The normalized spacial score (nSPS) is 19.4. The van der Waals surface area contributed by atoms with Gasteiger partial charge < -0.3 is 10.5 Å². The van der Waals surface area contributed by atoms with Crippen LogP contribution in [0, 0.1) is 17.1 Å².